The first-order valence-electron chi connectivity index (χ1n) is 8.73. The summed E-state index contributed by atoms with van der Waals surface area (Å²) in [5.74, 6) is 0.522. The minimum absolute atomic E-state index is 0.522. The van der Waals surface area contributed by atoms with Gasteiger partial charge in [0, 0.05) is 5.56 Å². The molecule has 0 aliphatic rings. The minimum Gasteiger partial charge on any atom is -0.276 e. The van der Waals surface area contributed by atoms with Crippen LogP contribution >= 0.6 is 0 Å². The van der Waals surface area contributed by atoms with Crippen molar-refractivity contribution >= 4 is 28.0 Å². The van der Waals surface area contributed by atoms with Crippen molar-refractivity contribution < 1.29 is 0 Å². The number of nitrogens with zero attached hydrogens (tertiary/aromatic N) is 3. The summed E-state index contributed by atoms with van der Waals surface area (Å²) in [5.41, 5.74) is 5.64. The molecule has 0 unspecified atom stereocenters. The second-order valence-electron chi connectivity index (χ2n) is 6.01. The van der Waals surface area contributed by atoms with Crippen LogP contribution in [0, 0.1) is 0 Å². The van der Waals surface area contributed by atoms with Gasteiger partial charge in [-0.25, -0.2) is 0 Å². The molecule has 0 amide bonds. The number of fused-ring (bicyclic) bond motifs is 1. The van der Waals surface area contributed by atoms with E-state index in [1.54, 1.807) is 0 Å². The zero-order chi connectivity index (χ0) is 18.3. The molecule has 0 bridgehead atoms. The van der Waals surface area contributed by atoms with Crippen molar-refractivity contribution in [1.82, 2.24) is 0 Å². The molecule has 0 aliphatic heterocycles. The number of amidine groups is 1. The SMILES string of the molecule is c1ccc(N=N/C(=N/Nc2ccccc2)c2ccc3ccccc3c2)cc1. The molecule has 4 aromatic rings. The number of nitrogens with one attached hydrogen (secondary N) is 1. The topological polar surface area (TPSA) is 49.1 Å². The van der Waals surface area contributed by atoms with Crippen LogP contribution in [0.5, 0.6) is 0 Å². The Kier molecular flexibility index (Phi) is 4.97. The van der Waals surface area contributed by atoms with E-state index < -0.39 is 0 Å². The first-order valence-corrected chi connectivity index (χ1v) is 8.73. The van der Waals surface area contributed by atoms with E-state index in [-0.39, 0.29) is 0 Å². The third-order valence-electron chi connectivity index (χ3n) is 4.09. The predicted octanol–water partition coefficient (Wildman–Crippen LogP) is 6.40. The molecule has 0 fully saturated rings. The Morgan fingerprint density at radius 3 is 2.07 bits per heavy atom. The molecular weight excluding hydrogens is 332 g/mol. The van der Waals surface area contributed by atoms with Gasteiger partial charge in [0.1, 0.15) is 0 Å². The molecule has 0 aromatic heterocycles. The van der Waals surface area contributed by atoms with E-state index in [0.717, 1.165) is 22.3 Å². The number of rotatable bonds is 4. The molecule has 0 spiro atoms. The van der Waals surface area contributed by atoms with Crippen LogP contribution in [0.1, 0.15) is 5.56 Å². The van der Waals surface area contributed by atoms with Crippen LogP contribution in [-0.2, 0) is 0 Å². The molecular formula is C23H18N4. The lowest BCUT2D eigenvalue weighted by Gasteiger charge is -2.05. The summed E-state index contributed by atoms with van der Waals surface area (Å²) in [4.78, 5) is 0. The lowest BCUT2D eigenvalue weighted by atomic mass is 10.1. The average molecular weight is 350 g/mol. The maximum atomic E-state index is 4.49. The van der Waals surface area contributed by atoms with Crippen LogP contribution in [0.25, 0.3) is 10.8 Å². The Morgan fingerprint density at radius 2 is 1.30 bits per heavy atom. The minimum atomic E-state index is 0.522. The van der Waals surface area contributed by atoms with E-state index in [0.29, 0.717) is 5.84 Å². The first kappa shape index (κ1) is 16.7. The number of hydrazone groups is 1. The van der Waals surface area contributed by atoms with Gasteiger partial charge in [-0.2, -0.15) is 5.10 Å². The molecule has 0 radical (unpaired) electrons. The molecule has 4 nitrogen and oxygen atoms in total. The number of hydrogen-bond donors (Lipinski definition) is 1. The van der Waals surface area contributed by atoms with Crippen molar-refractivity contribution in [2.24, 2.45) is 15.3 Å². The third-order valence-corrected chi connectivity index (χ3v) is 4.09. The summed E-state index contributed by atoms with van der Waals surface area (Å²) in [6, 6.07) is 33.8. The standard InChI is InChI=1S/C23H18N4/c1-3-11-21(12-4-1)24-26-23(27-25-22-13-5-2-6-14-22)20-16-15-18-9-7-8-10-19(18)17-20/h1-17,24H/b26-23+,27-25?. The average Bonchev–Trinajstić information content (AvgIpc) is 2.75. The Bertz CT molecular complexity index is 1090. The number of hydrogen-bond acceptors (Lipinski definition) is 3. The summed E-state index contributed by atoms with van der Waals surface area (Å²) in [6.07, 6.45) is 0. The van der Waals surface area contributed by atoms with Gasteiger partial charge < -0.3 is 0 Å². The van der Waals surface area contributed by atoms with E-state index in [2.05, 4.69) is 45.0 Å². The highest BCUT2D eigenvalue weighted by Crippen LogP contribution is 2.18. The Balaban J connectivity index is 1.70. The smallest absolute Gasteiger partial charge is 0.201 e. The van der Waals surface area contributed by atoms with E-state index in [9.17, 15) is 0 Å². The van der Waals surface area contributed by atoms with Crippen molar-refractivity contribution in [2.75, 3.05) is 5.43 Å². The second kappa shape index (κ2) is 8.06. The van der Waals surface area contributed by atoms with Crippen LogP contribution in [-0.4, -0.2) is 5.84 Å². The number of anilines is 1. The van der Waals surface area contributed by atoms with Gasteiger partial charge in [0.15, 0.2) is 0 Å². The van der Waals surface area contributed by atoms with E-state index in [1.807, 2.05) is 78.9 Å². The molecule has 130 valence electrons. The lowest BCUT2D eigenvalue weighted by Crippen LogP contribution is -2.01. The maximum Gasteiger partial charge on any atom is 0.201 e. The van der Waals surface area contributed by atoms with Gasteiger partial charge in [-0.1, -0.05) is 72.8 Å². The van der Waals surface area contributed by atoms with Crippen LogP contribution in [0.2, 0.25) is 0 Å². The van der Waals surface area contributed by atoms with Crippen LogP contribution in [0.15, 0.2) is 118 Å². The van der Waals surface area contributed by atoms with Crippen LogP contribution in [0.3, 0.4) is 0 Å². The summed E-state index contributed by atoms with van der Waals surface area (Å²) >= 11 is 0. The van der Waals surface area contributed by atoms with Crippen molar-refractivity contribution in [1.29, 1.82) is 0 Å². The fraction of sp³-hybridized carbons (Fsp3) is 0. The number of benzene rings is 4. The van der Waals surface area contributed by atoms with Gasteiger partial charge in [0.05, 0.1) is 11.4 Å². The third kappa shape index (κ3) is 4.25. The van der Waals surface area contributed by atoms with Gasteiger partial charge in [0.2, 0.25) is 5.84 Å². The lowest BCUT2D eigenvalue weighted by molar-refractivity contribution is 1.22. The fourth-order valence-electron chi connectivity index (χ4n) is 2.70. The molecule has 4 rings (SSSR count). The Hall–Kier alpha value is -3.79. The molecule has 4 heteroatoms. The van der Waals surface area contributed by atoms with Crippen molar-refractivity contribution in [3.63, 3.8) is 0 Å². The summed E-state index contributed by atoms with van der Waals surface area (Å²) in [6.45, 7) is 0. The van der Waals surface area contributed by atoms with Gasteiger partial charge >= 0.3 is 0 Å². The summed E-state index contributed by atoms with van der Waals surface area (Å²) < 4.78 is 0. The Morgan fingerprint density at radius 1 is 0.630 bits per heavy atom. The summed E-state index contributed by atoms with van der Waals surface area (Å²) in [7, 11) is 0. The van der Waals surface area contributed by atoms with E-state index in [4.69, 9.17) is 0 Å². The van der Waals surface area contributed by atoms with Gasteiger partial charge in [-0.15, -0.1) is 10.2 Å². The van der Waals surface area contributed by atoms with Crippen LogP contribution < -0.4 is 5.43 Å². The molecule has 0 atom stereocenters. The molecule has 1 N–H and O–H groups in total. The predicted molar refractivity (Wildman–Crippen MR) is 112 cm³/mol. The zero-order valence-electron chi connectivity index (χ0n) is 14.7. The highest BCUT2D eigenvalue weighted by molar-refractivity contribution is 6.02. The largest absolute Gasteiger partial charge is 0.276 e. The highest BCUT2D eigenvalue weighted by atomic mass is 15.3. The molecule has 0 aliphatic carbocycles. The Labute approximate surface area is 157 Å². The molecule has 27 heavy (non-hydrogen) atoms. The second-order valence-corrected chi connectivity index (χ2v) is 6.01. The molecule has 0 saturated heterocycles. The van der Waals surface area contributed by atoms with Gasteiger partial charge in [-0.05, 0) is 41.1 Å². The van der Waals surface area contributed by atoms with Gasteiger partial charge in [-0.3, -0.25) is 5.43 Å². The number of azo groups is 1. The molecule has 0 saturated carbocycles. The van der Waals surface area contributed by atoms with E-state index >= 15 is 0 Å². The quantitative estimate of drug-likeness (QED) is 0.197. The molecule has 0 heterocycles. The van der Waals surface area contributed by atoms with Gasteiger partial charge in [0.25, 0.3) is 0 Å². The monoisotopic (exact) mass is 350 g/mol. The van der Waals surface area contributed by atoms with Crippen LogP contribution in [0.4, 0.5) is 11.4 Å². The van der Waals surface area contributed by atoms with Crippen molar-refractivity contribution in [3.8, 4) is 0 Å². The van der Waals surface area contributed by atoms with E-state index in [1.165, 1.54) is 5.39 Å². The van der Waals surface area contributed by atoms with Crippen molar-refractivity contribution in [3.05, 3.63) is 109 Å². The zero-order valence-corrected chi connectivity index (χ0v) is 14.7. The fourth-order valence-corrected chi connectivity index (χ4v) is 2.70. The normalized spacial score (nSPS) is 11.8. The first-order chi connectivity index (χ1) is 13.4. The highest BCUT2D eigenvalue weighted by Gasteiger charge is 2.05. The summed E-state index contributed by atoms with van der Waals surface area (Å²) in [5, 5.41) is 15.5. The number of para-hydroxylation sites is 1. The van der Waals surface area contributed by atoms with Crippen molar-refractivity contribution in [2.45, 2.75) is 0 Å². The maximum absolute atomic E-state index is 4.49. The molecule has 4 aromatic carbocycles.